The number of hydrogen-bond acceptors (Lipinski definition) is 5. The summed E-state index contributed by atoms with van der Waals surface area (Å²) < 4.78 is 0. The smallest absolute Gasteiger partial charge is 0.294 e. The highest BCUT2D eigenvalue weighted by molar-refractivity contribution is 5.95. The first kappa shape index (κ1) is 13.8. The molecule has 0 bridgehead atoms. The molecule has 7 nitrogen and oxygen atoms in total. The van der Waals surface area contributed by atoms with Crippen LogP contribution in [0.2, 0.25) is 0 Å². The molecule has 2 N–H and O–H groups in total. The van der Waals surface area contributed by atoms with Gasteiger partial charge >= 0.3 is 0 Å². The lowest BCUT2D eigenvalue weighted by atomic mass is 9.99. The van der Waals surface area contributed by atoms with E-state index in [-0.39, 0.29) is 17.7 Å². The number of nitrogens with zero attached hydrogens (tertiary/aromatic N) is 2. The number of rotatable bonds is 2. The molecule has 7 heteroatoms. The maximum atomic E-state index is 11.4. The molecule has 2 heterocycles. The topological polar surface area (TPSA) is 95.7 Å². The van der Waals surface area contributed by atoms with E-state index in [1.165, 1.54) is 6.07 Å². The second-order valence-electron chi connectivity index (χ2n) is 5.52. The van der Waals surface area contributed by atoms with Crippen LogP contribution in [0.15, 0.2) is 12.1 Å². The molecular formula is C14H17N3O4. The Morgan fingerprint density at radius 3 is 2.67 bits per heavy atom. The highest BCUT2D eigenvalue weighted by Gasteiger charge is 2.27. The van der Waals surface area contributed by atoms with Crippen LogP contribution in [-0.2, 0) is 11.2 Å². The summed E-state index contributed by atoms with van der Waals surface area (Å²) in [5.41, 5.74) is 2.06. The van der Waals surface area contributed by atoms with E-state index in [0.717, 1.165) is 5.56 Å². The van der Waals surface area contributed by atoms with Gasteiger partial charge in [0, 0.05) is 25.6 Å². The minimum atomic E-state index is -0.415. The Hall–Kier alpha value is -2.15. The Balaban J connectivity index is 1.98. The molecule has 1 saturated heterocycles. The number of fused-ring (bicyclic) bond motifs is 1. The van der Waals surface area contributed by atoms with Crippen molar-refractivity contribution in [3.05, 3.63) is 27.8 Å². The summed E-state index contributed by atoms with van der Waals surface area (Å²) in [7, 11) is 0. The highest BCUT2D eigenvalue weighted by Crippen LogP contribution is 2.37. The molecule has 2 aliphatic heterocycles. The molecule has 3 rings (SSSR count). The van der Waals surface area contributed by atoms with Gasteiger partial charge in [0.2, 0.25) is 5.91 Å². The zero-order valence-corrected chi connectivity index (χ0v) is 11.5. The molecule has 0 spiro atoms. The molecule has 0 saturated carbocycles. The maximum Gasteiger partial charge on any atom is 0.294 e. The second kappa shape index (κ2) is 5.33. The largest absolute Gasteiger partial charge is 0.393 e. The predicted molar refractivity (Wildman–Crippen MR) is 77.5 cm³/mol. The lowest BCUT2D eigenvalue weighted by Crippen LogP contribution is -2.36. The van der Waals surface area contributed by atoms with Gasteiger partial charge < -0.3 is 15.3 Å². The van der Waals surface area contributed by atoms with Gasteiger partial charge in [0.25, 0.3) is 5.69 Å². The lowest BCUT2D eigenvalue weighted by molar-refractivity contribution is -0.384. The zero-order chi connectivity index (χ0) is 15.0. The van der Waals surface area contributed by atoms with Crippen LogP contribution in [0.5, 0.6) is 0 Å². The van der Waals surface area contributed by atoms with Crippen LogP contribution in [0, 0.1) is 10.1 Å². The van der Waals surface area contributed by atoms with Gasteiger partial charge in [-0.1, -0.05) is 0 Å². The number of nitro groups is 1. The number of carbonyl (C=O) groups is 1. The van der Waals surface area contributed by atoms with Crippen LogP contribution in [0.1, 0.15) is 24.8 Å². The molecule has 1 amide bonds. The van der Waals surface area contributed by atoms with E-state index in [2.05, 4.69) is 5.32 Å². The van der Waals surface area contributed by atoms with E-state index >= 15 is 0 Å². The summed E-state index contributed by atoms with van der Waals surface area (Å²) in [5.74, 6) is -0.106. The Morgan fingerprint density at radius 1 is 1.29 bits per heavy atom. The number of amides is 1. The number of aliphatic hydroxyl groups excluding tert-OH is 1. The van der Waals surface area contributed by atoms with Gasteiger partial charge in [-0.15, -0.1) is 0 Å². The SMILES string of the molecule is O=C1CCc2cc(N3CCC(O)CC3)c([N+](=O)[O-])cc2N1. The summed E-state index contributed by atoms with van der Waals surface area (Å²) in [5, 5.41) is 23.6. The fourth-order valence-corrected chi connectivity index (χ4v) is 2.91. The van der Waals surface area contributed by atoms with Crippen molar-refractivity contribution in [2.45, 2.75) is 31.8 Å². The predicted octanol–water partition coefficient (Wildman–Crippen LogP) is 1.44. The summed E-state index contributed by atoms with van der Waals surface area (Å²) in [4.78, 5) is 24.3. The first-order valence-corrected chi connectivity index (χ1v) is 7.09. The van der Waals surface area contributed by atoms with Crippen molar-refractivity contribution in [3.63, 3.8) is 0 Å². The first-order valence-electron chi connectivity index (χ1n) is 7.09. The number of carbonyl (C=O) groups excluding carboxylic acids is 1. The standard InChI is InChI=1S/C14H17N3O4/c18-10-3-5-16(6-4-10)12-7-9-1-2-14(19)15-11(9)8-13(12)17(20)21/h7-8,10,18H,1-6H2,(H,15,19). The van der Waals surface area contributed by atoms with Crippen molar-refractivity contribution in [1.82, 2.24) is 0 Å². The third kappa shape index (κ3) is 2.69. The van der Waals surface area contributed by atoms with E-state index in [4.69, 9.17) is 0 Å². The number of aliphatic hydroxyl groups is 1. The highest BCUT2D eigenvalue weighted by atomic mass is 16.6. The summed E-state index contributed by atoms with van der Waals surface area (Å²) >= 11 is 0. The Morgan fingerprint density at radius 2 is 2.00 bits per heavy atom. The third-order valence-electron chi connectivity index (χ3n) is 4.10. The van der Waals surface area contributed by atoms with Crippen molar-refractivity contribution >= 4 is 23.0 Å². The van der Waals surface area contributed by atoms with E-state index in [1.807, 2.05) is 11.0 Å². The van der Waals surface area contributed by atoms with Crippen LogP contribution >= 0.6 is 0 Å². The number of benzene rings is 1. The molecule has 1 aromatic rings. The molecule has 2 aliphatic rings. The quantitative estimate of drug-likeness (QED) is 0.635. The number of nitro benzene ring substituents is 1. The minimum Gasteiger partial charge on any atom is -0.393 e. The fraction of sp³-hybridized carbons (Fsp3) is 0.500. The van der Waals surface area contributed by atoms with Gasteiger partial charge in [-0.05, 0) is 30.9 Å². The lowest BCUT2D eigenvalue weighted by Gasteiger charge is -2.32. The summed E-state index contributed by atoms with van der Waals surface area (Å²) in [6, 6.07) is 3.26. The molecule has 0 aliphatic carbocycles. The number of piperidine rings is 1. The number of anilines is 2. The van der Waals surface area contributed by atoms with Crippen molar-refractivity contribution in [2.75, 3.05) is 23.3 Å². The van der Waals surface area contributed by atoms with Gasteiger partial charge in [0.15, 0.2) is 0 Å². The van der Waals surface area contributed by atoms with Crippen molar-refractivity contribution in [1.29, 1.82) is 0 Å². The molecule has 1 aromatic carbocycles. The van der Waals surface area contributed by atoms with E-state index in [1.54, 1.807) is 0 Å². The van der Waals surface area contributed by atoms with E-state index in [9.17, 15) is 20.0 Å². The number of hydrogen-bond donors (Lipinski definition) is 2. The van der Waals surface area contributed by atoms with E-state index in [0.29, 0.717) is 50.1 Å². The van der Waals surface area contributed by atoms with Gasteiger partial charge in [-0.2, -0.15) is 0 Å². The van der Waals surface area contributed by atoms with Gasteiger partial charge in [-0.25, -0.2) is 0 Å². The Labute approximate surface area is 121 Å². The summed E-state index contributed by atoms with van der Waals surface area (Å²) in [6.45, 7) is 1.21. The average molecular weight is 291 g/mol. The van der Waals surface area contributed by atoms with Crippen LogP contribution < -0.4 is 10.2 Å². The molecule has 0 unspecified atom stereocenters. The minimum absolute atomic E-state index is 0.00680. The zero-order valence-electron chi connectivity index (χ0n) is 11.5. The molecule has 21 heavy (non-hydrogen) atoms. The molecule has 0 atom stereocenters. The van der Waals surface area contributed by atoms with Crippen LogP contribution in [0.3, 0.4) is 0 Å². The number of aryl methyl sites for hydroxylation is 1. The second-order valence-corrected chi connectivity index (χ2v) is 5.52. The molecular weight excluding hydrogens is 274 g/mol. The van der Waals surface area contributed by atoms with Crippen LogP contribution in [-0.4, -0.2) is 35.1 Å². The Kier molecular flexibility index (Phi) is 3.50. The van der Waals surface area contributed by atoms with E-state index < -0.39 is 4.92 Å². The van der Waals surface area contributed by atoms with Crippen LogP contribution in [0.25, 0.3) is 0 Å². The average Bonchev–Trinajstić information content (AvgIpc) is 2.46. The van der Waals surface area contributed by atoms with Gasteiger partial charge in [0.1, 0.15) is 5.69 Å². The van der Waals surface area contributed by atoms with Crippen molar-refractivity contribution in [2.24, 2.45) is 0 Å². The normalized spacial score (nSPS) is 19.1. The monoisotopic (exact) mass is 291 g/mol. The van der Waals surface area contributed by atoms with Gasteiger partial charge in [-0.3, -0.25) is 14.9 Å². The van der Waals surface area contributed by atoms with Gasteiger partial charge in [0.05, 0.1) is 16.7 Å². The number of nitrogens with one attached hydrogen (secondary N) is 1. The molecule has 0 aromatic heterocycles. The molecule has 112 valence electrons. The fourth-order valence-electron chi connectivity index (χ4n) is 2.91. The van der Waals surface area contributed by atoms with Crippen LogP contribution in [0.4, 0.5) is 17.1 Å². The first-order chi connectivity index (χ1) is 10.0. The Bertz CT molecular complexity index is 594. The third-order valence-corrected chi connectivity index (χ3v) is 4.10. The molecule has 1 fully saturated rings. The molecule has 0 radical (unpaired) electrons. The summed E-state index contributed by atoms with van der Waals surface area (Å²) in [6.07, 6.45) is 1.92. The van der Waals surface area contributed by atoms with Crippen molar-refractivity contribution < 1.29 is 14.8 Å². The van der Waals surface area contributed by atoms with Crippen molar-refractivity contribution in [3.8, 4) is 0 Å². The maximum absolute atomic E-state index is 11.4.